The van der Waals surface area contributed by atoms with Crippen LogP contribution in [0.4, 0.5) is 13.2 Å². The molecule has 1 atom stereocenters. The lowest BCUT2D eigenvalue weighted by molar-refractivity contribution is -0.137. The zero-order chi connectivity index (χ0) is 13.1. The smallest absolute Gasteiger partial charge is 0.416 e. The Morgan fingerprint density at radius 1 is 1.35 bits per heavy atom. The highest BCUT2D eigenvalue weighted by Gasteiger charge is 2.31. The van der Waals surface area contributed by atoms with Crippen molar-refractivity contribution >= 4 is 0 Å². The molecule has 0 saturated carbocycles. The van der Waals surface area contributed by atoms with Crippen LogP contribution in [-0.4, -0.2) is 7.11 Å². The van der Waals surface area contributed by atoms with Gasteiger partial charge in [0.2, 0.25) is 0 Å². The van der Waals surface area contributed by atoms with Crippen molar-refractivity contribution in [2.24, 2.45) is 5.73 Å². The lowest BCUT2D eigenvalue weighted by Crippen LogP contribution is -2.13. The highest BCUT2D eigenvalue weighted by Crippen LogP contribution is 2.35. The van der Waals surface area contributed by atoms with Crippen LogP contribution in [0.5, 0.6) is 5.75 Å². The Kier molecular flexibility index (Phi) is 4.40. The third-order valence-electron chi connectivity index (χ3n) is 2.56. The highest BCUT2D eigenvalue weighted by atomic mass is 19.4. The first kappa shape index (κ1) is 13.8. The first-order valence-corrected chi connectivity index (χ1v) is 5.40. The normalized spacial score (nSPS) is 13.5. The van der Waals surface area contributed by atoms with Crippen LogP contribution in [0.2, 0.25) is 0 Å². The molecule has 2 N–H and O–H groups in total. The molecule has 1 rings (SSSR count). The lowest BCUT2D eigenvalue weighted by atomic mass is 9.99. The Morgan fingerprint density at radius 3 is 2.47 bits per heavy atom. The second-order valence-electron chi connectivity index (χ2n) is 3.85. The number of hydrogen-bond acceptors (Lipinski definition) is 2. The fourth-order valence-electron chi connectivity index (χ4n) is 1.67. The van der Waals surface area contributed by atoms with Crippen LogP contribution in [0.25, 0.3) is 0 Å². The van der Waals surface area contributed by atoms with Gasteiger partial charge >= 0.3 is 6.18 Å². The predicted molar refractivity (Wildman–Crippen MR) is 59.8 cm³/mol. The number of halogens is 3. The Balaban J connectivity index is 3.15. The molecule has 0 aromatic heterocycles. The Morgan fingerprint density at radius 2 is 2.00 bits per heavy atom. The summed E-state index contributed by atoms with van der Waals surface area (Å²) >= 11 is 0. The van der Waals surface area contributed by atoms with E-state index in [9.17, 15) is 13.2 Å². The van der Waals surface area contributed by atoms with E-state index in [4.69, 9.17) is 10.5 Å². The third kappa shape index (κ3) is 3.36. The fraction of sp³-hybridized carbons (Fsp3) is 0.500. The molecule has 0 spiro atoms. The van der Waals surface area contributed by atoms with E-state index < -0.39 is 17.8 Å². The summed E-state index contributed by atoms with van der Waals surface area (Å²) in [5, 5.41) is 0. The average molecular weight is 247 g/mol. The van der Waals surface area contributed by atoms with Gasteiger partial charge in [-0.2, -0.15) is 13.2 Å². The van der Waals surface area contributed by atoms with Crippen LogP contribution < -0.4 is 10.5 Å². The number of rotatable bonds is 4. The first-order valence-electron chi connectivity index (χ1n) is 5.40. The molecule has 0 amide bonds. The number of hydrogen-bond donors (Lipinski definition) is 1. The van der Waals surface area contributed by atoms with E-state index in [1.807, 2.05) is 6.92 Å². The Labute approximate surface area is 98.6 Å². The van der Waals surface area contributed by atoms with Crippen molar-refractivity contribution in [3.05, 3.63) is 29.3 Å². The van der Waals surface area contributed by atoms with Crippen LogP contribution in [0.3, 0.4) is 0 Å². The summed E-state index contributed by atoms with van der Waals surface area (Å²) in [5.74, 6) is 0.402. The molecule has 1 aromatic carbocycles. The van der Waals surface area contributed by atoms with Crippen molar-refractivity contribution < 1.29 is 17.9 Å². The van der Waals surface area contributed by atoms with Gasteiger partial charge in [-0.25, -0.2) is 0 Å². The molecule has 0 aliphatic rings. The molecular weight excluding hydrogens is 231 g/mol. The van der Waals surface area contributed by atoms with Gasteiger partial charge in [-0.15, -0.1) is 0 Å². The van der Waals surface area contributed by atoms with Crippen molar-refractivity contribution in [3.8, 4) is 5.75 Å². The summed E-state index contributed by atoms with van der Waals surface area (Å²) in [6, 6.07) is 2.95. The molecule has 0 aliphatic heterocycles. The molecule has 5 heteroatoms. The van der Waals surface area contributed by atoms with Gasteiger partial charge in [-0.3, -0.25) is 0 Å². The minimum atomic E-state index is -4.35. The van der Waals surface area contributed by atoms with Crippen LogP contribution >= 0.6 is 0 Å². The molecule has 1 aromatic rings. The largest absolute Gasteiger partial charge is 0.496 e. The van der Waals surface area contributed by atoms with Gasteiger partial charge in [0, 0.05) is 11.6 Å². The van der Waals surface area contributed by atoms with E-state index >= 15 is 0 Å². The average Bonchev–Trinajstić information content (AvgIpc) is 2.27. The van der Waals surface area contributed by atoms with Crippen LogP contribution in [0.1, 0.15) is 36.9 Å². The summed E-state index contributed by atoms with van der Waals surface area (Å²) in [4.78, 5) is 0. The molecule has 2 nitrogen and oxygen atoms in total. The quantitative estimate of drug-likeness (QED) is 0.883. The van der Waals surface area contributed by atoms with Crippen molar-refractivity contribution in [1.82, 2.24) is 0 Å². The summed E-state index contributed by atoms with van der Waals surface area (Å²) in [6.07, 6.45) is -2.93. The van der Waals surface area contributed by atoms with Crippen molar-refractivity contribution in [3.63, 3.8) is 0 Å². The molecule has 0 saturated heterocycles. The first-order chi connectivity index (χ1) is 7.90. The molecule has 0 radical (unpaired) electrons. The lowest BCUT2D eigenvalue weighted by Gasteiger charge is -2.17. The predicted octanol–water partition coefficient (Wildman–Crippen LogP) is 3.51. The third-order valence-corrected chi connectivity index (χ3v) is 2.56. The molecule has 0 fully saturated rings. The van der Waals surface area contributed by atoms with E-state index in [0.29, 0.717) is 17.7 Å². The zero-order valence-electron chi connectivity index (χ0n) is 9.84. The number of methoxy groups -OCH3 is 1. The summed E-state index contributed by atoms with van der Waals surface area (Å²) in [5.41, 5.74) is 5.56. The SMILES string of the molecule is CCCC(N)c1cc(C(F)(F)F)ccc1OC. The molecule has 0 bridgehead atoms. The van der Waals surface area contributed by atoms with Gasteiger partial charge in [-0.05, 0) is 24.6 Å². The fourth-order valence-corrected chi connectivity index (χ4v) is 1.67. The van der Waals surface area contributed by atoms with E-state index in [1.165, 1.54) is 13.2 Å². The van der Waals surface area contributed by atoms with Gasteiger partial charge in [0.25, 0.3) is 0 Å². The number of nitrogens with two attached hydrogens (primary N) is 1. The van der Waals surface area contributed by atoms with Crippen LogP contribution in [0.15, 0.2) is 18.2 Å². The summed E-state index contributed by atoms with van der Waals surface area (Å²) in [6.45, 7) is 1.93. The second kappa shape index (κ2) is 5.40. The van der Waals surface area contributed by atoms with Gasteiger partial charge in [0.15, 0.2) is 0 Å². The summed E-state index contributed by atoms with van der Waals surface area (Å²) < 4.78 is 42.7. The molecular formula is C12H16F3NO. The van der Waals surface area contributed by atoms with Crippen molar-refractivity contribution in [2.45, 2.75) is 32.0 Å². The standard InChI is InChI=1S/C12H16F3NO/c1-3-4-10(16)9-7-8(12(13,14)15)5-6-11(9)17-2/h5-7,10H,3-4,16H2,1-2H3. The maximum Gasteiger partial charge on any atom is 0.416 e. The van der Waals surface area contributed by atoms with E-state index in [-0.39, 0.29) is 0 Å². The maximum absolute atomic E-state index is 12.6. The molecule has 0 aliphatic carbocycles. The van der Waals surface area contributed by atoms with Gasteiger partial charge in [0.1, 0.15) is 5.75 Å². The minimum Gasteiger partial charge on any atom is -0.496 e. The van der Waals surface area contributed by atoms with E-state index in [0.717, 1.165) is 18.6 Å². The molecule has 1 unspecified atom stereocenters. The topological polar surface area (TPSA) is 35.2 Å². The molecule has 17 heavy (non-hydrogen) atoms. The van der Waals surface area contributed by atoms with Gasteiger partial charge < -0.3 is 10.5 Å². The molecule has 0 heterocycles. The monoisotopic (exact) mass is 247 g/mol. The minimum absolute atomic E-state index is 0.402. The highest BCUT2D eigenvalue weighted by molar-refractivity contribution is 5.40. The Bertz CT molecular complexity index is 377. The second-order valence-corrected chi connectivity index (χ2v) is 3.85. The zero-order valence-corrected chi connectivity index (χ0v) is 9.84. The van der Waals surface area contributed by atoms with Crippen molar-refractivity contribution in [1.29, 1.82) is 0 Å². The number of ether oxygens (including phenoxy) is 1. The number of alkyl halides is 3. The van der Waals surface area contributed by atoms with E-state index in [1.54, 1.807) is 0 Å². The van der Waals surface area contributed by atoms with Crippen LogP contribution in [0, 0.1) is 0 Å². The molecule has 96 valence electrons. The van der Waals surface area contributed by atoms with Gasteiger partial charge in [-0.1, -0.05) is 13.3 Å². The van der Waals surface area contributed by atoms with Crippen molar-refractivity contribution in [2.75, 3.05) is 7.11 Å². The summed E-state index contributed by atoms with van der Waals surface area (Å²) in [7, 11) is 1.42. The van der Waals surface area contributed by atoms with Crippen LogP contribution in [-0.2, 0) is 6.18 Å². The number of benzene rings is 1. The van der Waals surface area contributed by atoms with Gasteiger partial charge in [0.05, 0.1) is 12.7 Å². The Hall–Kier alpha value is -1.23. The van der Waals surface area contributed by atoms with E-state index in [2.05, 4.69) is 0 Å². The maximum atomic E-state index is 12.6.